The first kappa shape index (κ1) is 30.3. The Morgan fingerprint density at radius 3 is 2.13 bits per heavy atom. The van der Waals surface area contributed by atoms with Crippen LogP contribution >= 0.6 is 0 Å². The number of esters is 1. The van der Waals surface area contributed by atoms with Gasteiger partial charge in [0.25, 0.3) is 0 Å². The standard InChI is InChI=1S/C33H44O6/c1-23-20-30(37-4)32(38-5)31(34)29(23)14-12-10-8-6-7-9-11-13-19-39-33(35)24(2)25-15-16-27-22-28(36-3)18-17-26(27)21-25/h15-18,21-22,24H,6-14,19-20H2,1-5H3/t24-/m0/s1. The molecule has 1 atom stereocenters. The van der Waals surface area contributed by atoms with Crippen LogP contribution < -0.4 is 4.74 Å². The van der Waals surface area contributed by atoms with E-state index in [4.69, 9.17) is 18.9 Å². The number of hydrogen-bond donors (Lipinski definition) is 0. The van der Waals surface area contributed by atoms with Crippen molar-refractivity contribution in [3.8, 4) is 5.75 Å². The predicted octanol–water partition coefficient (Wildman–Crippen LogP) is 7.80. The van der Waals surface area contributed by atoms with Crippen LogP contribution in [0, 0.1) is 0 Å². The summed E-state index contributed by atoms with van der Waals surface area (Å²) in [6.07, 6.45) is 10.2. The molecule has 0 fully saturated rings. The number of fused-ring (bicyclic) bond motifs is 1. The molecule has 0 bridgehead atoms. The number of carbonyl (C=O) groups excluding carboxylic acids is 2. The van der Waals surface area contributed by atoms with Gasteiger partial charge in [0, 0.05) is 12.0 Å². The highest BCUT2D eigenvalue weighted by atomic mass is 16.5. The summed E-state index contributed by atoms with van der Waals surface area (Å²) in [4.78, 5) is 25.2. The second-order valence-electron chi connectivity index (χ2n) is 10.4. The van der Waals surface area contributed by atoms with Gasteiger partial charge in [-0.3, -0.25) is 9.59 Å². The van der Waals surface area contributed by atoms with Crippen molar-refractivity contribution in [2.45, 2.75) is 84.0 Å². The van der Waals surface area contributed by atoms with Gasteiger partial charge in [-0.15, -0.1) is 0 Å². The van der Waals surface area contributed by atoms with Gasteiger partial charge < -0.3 is 18.9 Å². The van der Waals surface area contributed by atoms with E-state index in [0.29, 0.717) is 24.5 Å². The normalized spacial score (nSPS) is 14.5. The molecule has 39 heavy (non-hydrogen) atoms. The van der Waals surface area contributed by atoms with Crippen LogP contribution in [0.15, 0.2) is 59.1 Å². The first-order chi connectivity index (χ1) is 18.9. The summed E-state index contributed by atoms with van der Waals surface area (Å²) in [5, 5.41) is 2.17. The van der Waals surface area contributed by atoms with Gasteiger partial charge in [0.15, 0.2) is 0 Å². The quantitative estimate of drug-likeness (QED) is 0.161. The Morgan fingerprint density at radius 1 is 0.821 bits per heavy atom. The van der Waals surface area contributed by atoms with E-state index in [9.17, 15) is 9.59 Å². The molecule has 0 saturated heterocycles. The molecule has 212 valence electrons. The molecule has 0 saturated carbocycles. The van der Waals surface area contributed by atoms with Crippen LogP contribution in [0.4, 0.5) is 0 Å². The van der Waals surface area contributed by atoms with E-state index in [0.717, 1.165) is 71.8 Å². The molecule has 0 aromatic heterocycles. The summed E-state index contributed by atoms with van der Waals surface area (Å²) in [5.41, 5.74) is 2.94. The average Bonchev–Trinajstić information content (AvgIpc) is 2.95. The first-order valence-electron chi connectivity index (χ1n) is 14.2. The Kier molecular flexibility index (Phi) is 11.9. The topological polar surface area (TPSA) is 71.1 Å². The third-order valence-electron chi connectivity index (χ3n) is 7.62. The highest BCUT2D eigenvalue weighted by molar-refractivity contribution is 6.08. The number of ketones is 1. The summed E-state index contributed by atoms with van der Waals surface area (Å²) in [7, 11) is 4.77. The van der Waals surface area contributed by atoms with Gasteiger partial charge in [0.05, 0.1) is 33.9 Å². The minimum atomic E-state index is -0.293. The van der Waals surface area contributed by atoms with Gasteiger partial charge in [-0.1, -0.05) is 68.4 Å². The molecule has 0 heterocycles. The third kappa shape index (κ3) is 8.35. The van der Waals surface area contributed by atoms with E-state index >= 15 is 0 Å². The van der Waals surface area contributed by atoms with Crippen molar-refractivity contribution in [1.29, 1.82) is 0 Å². The number of carbonyl (C=O) groups is 2. The summed E-state index contributed by atoms with van der Waals surface area (Å²) >= 11 is 0. The van der Waals surface area contributed by atoms with Crippen LogP contribution in [-0.4, -0.2) is 39.7 Å². The van der Waals surface area contributed by atoms with Gasteiger partial charge in [-0.25, -0.2) is 0 Å². The second-order valence-corrected chi connectivity index (χ2v) is 10.4. The summed E-state index contributed by atoms with van der Waals surface area (Å²) in [6, 6.07) is 12.0. The highest BCUT2D eigenvalue weighted by Crippen LogP contribution is 2.31. The fourth-order valence-electron chi connectivity index (χ4n) is 5.12. The number of unbranched alkanes of at least 4 members (excludes halogenated alkanes) is 7. The maximum atomic E-state index is 12.7. The fraction of sp³-hybridized carbons (Fsp3) is 0.515. The minimum absolute atomic E-state index is 0.0218. The highest BCUT2D eigenvalue weighted by Gasteiger charge is 2.28. The molecule has 2 aromatic carbocycles. The van der Waals surface area contributed by atoms with Gasteiger partial charge in [-0.05, 0) is 61.6 Å². The number of allylic oxidation sites excluding steroid dienone is 2. The molecule has 2 aromatic rings. The van der Waals surface area contributed by atoms with E-state index in [1.54, 1.807) is 14.2 Å². The first-order valence-corrected chi connectivity index (χ1v) is 14.2. The number of ether oxygens (including phenoxy) is 4. The maximum Gasteiger partial charge on any atom is 0.313 e. The van der Waals surface area contributed by atoms with Crippen molar-refractivity contribution >= 4 is 22.5 Å². The lowest BCUT2D eigenvalue weighted by atomic mass is 9.90. The molecule has 0 radical (unpaired) electrons. The van der Waals surface area contributed by atoms with Gasteiger partial charge in [0.2, 0.25) is 11.5 Å². The van der Waals surface area contributed by atoms with Crippen LogP contribution in [0.3, 0.4) is 0 Å². The van der Waals surface area contributed by atoms with Crippen molar-refractivity contribution < 1.29 is 28.5 Å². The van der Waals surface area contributed by atoms with E-state index in [-0.39, 0.29) is 17.7 Å². The Balaban J connectivity index is 1.25. The Labute approximate surface area is 233 Å². The molecule has 1 aliphatic carbocycles. The number of rotatable bonds is 16. The zero-order valence-corrected chi connectivity index (χ0v) is 24.3. The van der Waals surface area contributed by atoms with E-state index in [1.165, 1.54) is 26.4 Å². The molecule has 0 unspecified atom stereocenters. The predicted molar refractivity (Wildman–Crippen MR) is 155 cm³/mol. The largest absolute Gasteiger partial charge is 0.497 e. The average molecular weight is 537 g/mol. The van der Waals surface area contributed by atoms with Gasteiger partial charge >= 0.3 is 5.97 Å². The fourth-order valence-corrected chi connectivity index (χ4v) is 5.12. The van der Waals surface area contributed by atoms with Crippen molar-refractivity contribution in [1.82, 2.24) is 0 Å². The van der Waals surface area contributed by atoms with E-state index in [2.05, 4.69) is 6.07 Å². The molecule has 0 spiro atoms. The lowest BCUT2D eigenvalue weighted by Crippen LogP contribution is -2.18. The maximum absolute atomic E-state index is 12.7. The minimum Gasteiger partial charge on any atom is -0.497 e. The number of hydrogen-bond acceptors (Lipinski definition) is 6. The van der Waals surface area contributed by atoms with Crippen LogP contribution in [-0.2, 0) is 23.8 Å². The van der Waals surface area contributed by atoms with Gasteiger partial charge in [-0.2, -0.15) is 0 Å². The molecule has 0 amide bonds. The molecule has 0 aliphatic heterocycles. The second kappa shape index (κ2) is 15.3. The number of Topliss-reactive ketones (excluding diaryl/α,β-unsaturated/α-hetero) is 1. The molecule has 1 aliphatic rings. The molecule has 0 N–H and O–H groups in total. The summed E-state index contributed by atoms with van der Waals surface area (Å²) in [5.74, 6) is 1.32. The Bertz CT molecular complexity index is 1190. The van der Waals surface area contributed by atoms with Crippen molar-refractivity contribution in [3.05, 3.63) is 64.6 Å². The zero-order valence-electron chi connectivity index (χ0n) is 24.3. The Hall–Kier alpha value is -3.28. The monoisotopic (exact) mass is 536 g/mol. The molecular formula is C33H44O6. The van der Waals surface area contributed by atoms with Crippen molar-refractivity contribution in [2.24, 2.45) is 0 Å². The summed E-state index contributed by atoms with van der Waals surface area (Å²) in [6.45, 7) is 4.39. The van der Waals surface area contributed by atoms with Crippen molar-refractivity contribution in [2.75, 3.05) is 27.9 Å². The van der Waals surface area contributed by atoms with Crippen molar-refractivity contribution in [3.63, 3.8) is 0 Å². The number of benzene rings is 2. The van der Waals surface area contributed by atoms with Crippen LogP contribution in [0.2, 0.25) is 0 Å². The molecule has 6 heteroatoms. The molecule has 6 nitrogen and oxygen atoms in total. The Morgan fingerprint density at radius 2 is 1.46 bits per heavy atom. The van der Waals surface area contributed by atoms with Crippen LogP contribution in [0.5, 0.6) is 5.75 Å². The third-order valence-corrected chi connectivity index (χ3v) is 7.62. The van der Waals surface area contributed by atoms with Gasteiger partial charge in [0.1, 0.15) is 11.5 Å². The lowest BCUT2D eigenvalue weighted by Gasteiger charge is -2.21. The van der Waals surface area contributed by atoms with E-state index in [1.807, 2.05) is 44.2 Å². The molecular weight excluding hydrogens is 492 g/mol. The smallest absolute Gasteiger partial charge is 0.313 e. The summed E-state index contributed by atoms with van der Waals surface area (Å²) < 4.78 is 21.5. The lowest BCUT2D eigenvalue weighted by molar-refractivity contribution is -0.145. The molecule has 3 rings (SSSR count). The number of methoxy groups -OCH3 is 3. The zero-order chi connectivity index (χ0) is 28.2. The SMILES string of the molecule is COC1=C(OC)C(=O)C(CCCCCCCCCCOC(=O)[C@@H](C)c2ccc3cc(OC)ccc3c2)=C(C)C1. The van der Waals surface area contributed by atoms with Crippen LogP contribution in [0.25, 0.3) is 10.8 Å². The van der Waals surface area contributed by atoms with E-state index < -0.39 is 0 Å². The van der Waals surface area contributed by atoms with Crippen LogP contribution in [0.1, 0.15) is 89.5 Å².